The summed E-state index contributed by atoms with van der Waals surface area (Å²) in [6.07, 6.45) is 0. The maximum absolute atomic E-state index is 12.8. The molecule has 3 aromatic carbocycles. The molecule has 0 saturated heterocycles. The number of hydrogen-bond donors (Lipinski definition) is 1. The number of benzene rings is 3. The molecule has 0 atom stereocenters. The van der Waals surface area contributed by atoms with Gasteiger partial charge >= 0.3 is 0 Å². The summed E-state index contributed by atoms with van der Waals surface area (Å²) in [7, 11) is -3.77. The fourth-order valence-electron chi connectivity index (χ4n) is 3.76. The summed E-state index contributed by atoms with van der Waals surface area (Å²) < 4.78 is 30.1. The van der Waals surface area contributed by atoms with Crippen molar-refractivity contribution >= 4 is 27.4 Å². The van der Waals surface area contributed by atoms with Gasteiger partial charge < -0.3 is 0 Å². The molecule has 0 bridgehead atoms. The third-order valence-electron chi connectivity index (χ3n) is 4.97. The van der Waals surface area contributed by atoms with Gasteiger partial charge in [-0.25, -0.2) is 13.1 Å². The SMILES string of the molecule is Cc1cc(C)c(-n2nc(NS(=O)(=O)c3ccccc3)cc2-c2cccc(Cl)c2)c(C)c1. The summed E-state index contributed by atoms with van der Waals surface area (Å²) in [5.41, 5.74) is 5.72. The van der Waals surface area contributed by atoms with Gasteiger partial charge in [0.1, 0.15) is 0 Å². The summed E-state index contributed by atoms with van der Waals surface area (Å²) in [4.78, 5) is 0.177. The van der Waals surface area contributed by atoms with Gasteiger partial charge in [-0.2, -0.15) is 0 Å². The minimum Gasteiger partial charge on any atom is -0.262 e. The molecular weight excluding hydrogens is 430 g/mol. The van der Waals surface area contributed by atoms with Crippen molar-refractivity contribution in [3.63, 3.8) is 0 Å². The Hall–Kier alpha value is -3.09. The number of sulfonamides is 1. The van der Waals surface area contributed by atoms with Gasteiger partial charge in [0.25, 0.3) is 10.0 Å². The second kappa shape index (κ2) is 8.21. The van der Waals surface area contributed by atoms with Crippen molar-refractivity contribution in [2.75, 3.05) is 4.72 Å². The lowest BCUT2D eigenvalue weighted by Crippen LogP contribution is -2.13. The van der Waals surface area contributed by atoms with Crippen LogP contribution in [0.5, 0.6) is 0 Å². The molecule has 0 aliphatic rings. The molecule has 0 unspecified atom stereocenters. The van der Waals surface area contributed by atoms with E-state index in [4.69, 9.17) is 11.6 Å². The van der Waals surface area contributed by atoms with Gasteiger partial charge in [0, 0.05) is 16.7 Å². The third kappa shape index (κ3) is 4.36. The van der Waals surface area contributed by atoms with Crippen molar-refractivity contribution in [3.8, 4) is 16.9 Å². The average Bonchev–Trinajstić information content (AvgIpc) is 3.10. The number of nitrogens with zero attached hydrogens (tertiary/aromatic N) is 2. The van der Waals surface area contributed by atoms with Gasteiger partial charge in [-0.1, -0.05) is 59.6 Å². The van der Waals surface area contributed by atoms with Crippen LogP contribution < -0.4 is 4.72 Å². The fourth-order valence-corrected chi connectivity index (χ4v) is 4.96. The van der Waals surface area contributed by atoms with Crippen LogP contribution in [-0.4, -0.2) is 18.2 Å². The Morgan fingerprint density at radius 1 is 0.871 bits per heavy atom. The molecule has 0 fully saturated rings. The van der Waals surface area contributed by atoms with Crippen molar-refractivity contribution in [2.45, 2.75) is 25.7 Å². The zero-order valence-electron chi connectivity index (χ0n) is 17.4. The molecule has 4 aromatic rings. The van der Waals surface area contributed by atoms with E-state index in [0.29, 0.717) is 5.02 Å². The van der Waals surface area contributed by atoms with E-state index < -0.39 is 10.0 Å². The largest absolute Gasteiger partial charge is 0.263 e. The molecule has 5 nitrogen and oxygen atoms in total. The first-order valence-corrected chi connectivity index (χ1v) is 11.6. The zero-order chi connectivity index (χ0) is 22.2. The highest BCUT2D eigenvalue weighted by Gasteiger charge is 2.20. The lowest BCUT2D eigenvalue weighted by Gasteiger charge is -2.14. The van der Waals surface area contributed by atoms with Gasteiger partial charge in [-0.3, -0.25) is 4.72 Å². The first-order valence-electron chi connectivity index (χ1n) is 9.77. The standard InChI is InChI=1S/C24H22ClN3O2S/c1-16-12-17(2)24(18(3)13-16)28-22(19-8-7-9-20(25)14-19)15-23(26-28)27-31(29,30)21-10-5-4-6-11-21/h4-15H,1-3H3,(H,26,27). The molecule has 0 amide bonds. The van der Waals surface area contributed by atoms with E-state index in [2.05, 4.69) is 22.0 Å². The highest BCUT2D eigenvalue weighted by atomic mass is 35.5. The molecule has 1 heterocycles. The highest BCUT2D eigenvalue weighted by molar-refractivity contribution is 7.92. The predicted molar refractivity (Wildman–Crippen MR) is 125 cm³/mol. The minimum absolute atomic E-state index is 0.177. The average molecular weight is 452 g/mol. The number of hydrogen-bond acceptors (Lipinski definition) is 3. The molecule has 1 N–H and O–H groups in total. The van der Waals surface area contributed by atoms with Gasteiger partial charge in [-0.05, 0) is 56.2 Å². The van der Waals surface area contributed by atoms with Crippen LogP contribution in [0.3, 0.4) is 0 Å². The van der Waals surface area contributed by atoms with Crippen molar-refractivity contribution in [3.05, 3.63) is 94.5 Å². The van der Waals surface area contributed by atoms with E-state index >= 15 is 0 Å². The number of aromatic nitrogens is 2. The molecule has 0 aliphatic carbocycles. The number of halogens is 1. The Labute approximate surface area is 187 Å². The summed E-state index contributed by atoms with van der Waals surface area (Å²) in [6, 6.07) is 21.5. The van der Waals surface area contributed by atoms with Crippen molar-refractivity contribution < 1.29 is 8.42 Å². The van der Waals surface area contributed by atoms with Gasteiger partial charge in [0.15, 0.2) is 5.82 Å². The Morgan fingerprint density at radius 3 is 2.19 bits per heavy atom. The smallest absolute Gasteiger partial charge is 0.262 e. The van der Waals surface area contributed by atoms with Crippen LogP contribution in [0.25, 0.3) is 16.9 Å². The Morgan fingerprint density at radius 2 is 1.55 bits per heavy atom. The zero-order valence-corrected chi connectivity index (χ0v) is 19.0. The van der Waals surface area contributed by atoms with E-state index in [1.165, 1.54) is 0 Å². The minimum atomic E-state index is -3.77. The molecule has 0 radical (unpaired) electrons. The van der Waals surface area contributed by atoms with Crippen LogP contribution in [0.4, 0.5) is 5.82 Å². The van der Waals surface area contributed by atoms with Crippen LogP contribution in [-0.2, 0) is 10.0 Å². The maximum Gasteiger partial charge on any atom is 0.263 e. The third-order valence-corrected chi connectivity index (χ3v) is 6.58. The second-order valence-electron chi connectivity index (χ2n) is 7.50. The topological polar surface area (TPSA) is 64.0 Å². The molecule has 7 heteroatoms. The summed E-state index contributed by atoms with van der Waals surface area (Å²) in [5.74, 6) is 0.234. The van der Waals surface area contributed by atoms with E-state index in [1.54, 1.807) is 47.1 Å². The van der Waals surface area contributed by atoms with Crippen LogP contribution >= 0.6 is 11.6 Å². The van der Waals surface area contributed by atoms with E-state index in [9.17, 15) is 8.42 Å². The predicted octanol–water partition coefficient (Wildman–Crippen LogP) is 5.92. The van der Waals surface area contributed by atoms with E-state index in [-0.39, 0.29) is 10.7 Å². The molecule has 0 aliphatic heterocycles. The van der Waals surface area contributed by atoms with Crippen LogP contribution in [0.1, 0.15) is 16.7 Å². The molecule has 4 rings (SSSR count). The van der Waals surface area contributed by atoms with Crippen LogP contribution in [0.2, 0.25) is 5.02 Å². The molecular formula is C24H22ClN3O2S. The molecule has 1 aromatic heterocycles. The quantitative estimate of drug-likeness (QED) is 0.409. The van der Waals surface area contributed by atoms with Crippen LogP contribution in [0, 0.1) is 20.8 Å². The lowest BCUT2D eigenvalue weighted by molar-refractivity contribution is 0.601. The van der Waals surface area contributed by atoms with Gasteiger partial charge in [0.2, 0.25) is 0 Å². The number of nitrogens with one attached hydrogen (secondary N) is 1. The summed E-state index contributed by atoms with van der Waals surface area (Å²) >= 11 is 6.23. The highest BCUT2D eigenvalue weighted by Crippen LogP contribution is 2.31. The van der Waals surface area contributed by atoms with E-state index in [0.717, 1.165) is 33.6 Å². The normalized spacial score (nSPS) is 11.5. The van der Waals surface area contributed by atoms with Gasteiger partial charge in [-0.15, -0.1) is 5.10 Å². The molecule has 0 spiro atoms. The monoisotopic (exact) mass is 451 g/mol. The summed E-state index contributed by atoms with van der Waals surface area (Å²) in [5, 5.41) is 5.22. The Bertz CT molecular complexity index is 1340. The first kappa shape index (κ1) is 21.2. The number of aryl methyl sites for hydroxylation is 3. The van der Waals surface area contributed by atoms with E-state index in [1.807, 2.05) is 39.0 Å². The van der Waals surface area contributed by atoms with Gasteiger partial charge in [0.05, 0.1) is 16.3 Å². The molecule has 31 heavy (non-hydrogen) atoms. The Kier molecular flexibility index (Phi) is 5.60. The van der Waals surface area contributed by atoms with Crippen LogP contribution in [0.15, 0.2) is 77.7 Å². The number of anilines is 1. The molecule has 158 valence electrons. The maximum atomic E-state index is 12.8. The molecule has 0 saturated carbocycles. The Balaban J connectivity index is 1.88. The fraction of sp³-hybridized carbons (Fsp3) is 0.125. The van der Waals surface area contributed by atoms with Crippen molar-refractivity contribution in [1.29, 1.82) is 0 Å². The number of rotatable bonds is 5. The first-order chi connectivity index (χ1) is 14.7. The van der Waals surface area contributed by atoms with Crippen molar-refractivity contribution in [2.24, 2.45) is 0 Å². The van der Waals surface area contributed by atoms with Crippen molar-refractivity contribution in [1.82, 2.24) is 9.78 Å². The summed E-state index contributed by atoms with van der Waals surface area (Å²) in [6.45, 7) is 6.09. The second-order valence-corrected chi connectivity index (χ2v) is 9.62. The lowest BCUT2D eigenvalue weighted by atomic mass is 10.0.